The van der Waals surface area contributed by atoms with Gasteiger partial charge in [-0.2, -0.15) is 18.3 Å². The first-order valence-electron chi connectivity index (χ1n) is 10.9. The Balaban J connectivity index is 1.64. The number of halogens is 3. The van der Waals surface area contributed by atoms with Crippen molar-refractivity contribution in [2.24, 2.45) is 0 Å². The van der Waals surface area contributed by atoms with Crippen LogP contribution >= 0.6 is 0 Å². The van der Waals surface area contributed by atoms with E-state index in [0.717, 1.165) is 23.4 Å². The first-order valence-corrected chi connectivity index (χ1v) is 10.9. The van der Waals surface area contributed by atoms with Gasteiger partial charge in [0.2, 0.25) is 0 Å². The van der Waals surface area contributed by atoms with Gasteiger partial charge in [-0.05, 0) is 75.2 Å². The first-order chi connectivity index (χ1) is 16.1. The van der Waals surface area contributed by atoms with Crippen LogP contribution in [0.4, 0.5) is 13.2 Å². The number of nitrogens with zero attached hydrogens (tertiary/aromatic N) is 2. The number of hydrogen-bond donors (Lipinski definition) is 1. The molecular formula is C26H24F3N3O2. The second-order valence-electron chi connectivity index (χ2n) is 8.51. The van der Waals surface area contributed by atoms with Crippen molar-refractivity contribution in [1.29, 1.82) is 0 Å². The van der Waals surface area contributed by atoms with Crippen molar-refractivity contribution in [3.63, 3.8) is 0 Å². The smallest absolute Gasteiger partial charge is 0.373 e. The highest BCUT2D eigenvalue weighted by atomic mass is 19.4. The molecular weight excluding hydrogens is 443 g/mol. The molecule has 2 aromatic carbocycles. The second kappa shape index (κ2) is 9.35. The second-order valence-corrected chi connectivity index (χ2v) is 8.51. The summed E-state index contributed by atoms with van der Waals surface area (Å²) in [5.74, 6) is 5.98. The van der Waals surface area contributed by atoms with Crippen molar-refractivity contribution < 1.29 is 22.7 Å². The average molecular weight is 467 g/mol. The zero-order valence-corrected chi connectivity index (χ0v) is 19.0. The lowest BCUT2D eigenvalue weighted by Crippen LogP contribution is -2.29. The highest BCUT2D eigenvalue weighted by molar-refractivity contribution is 5.94. The van der Waals surface area contributed by atoms with Crippen molar-refractivity contribution in [2.45, 2.75) is 52.1 Å². The molecule has 5 nitrogen and oxygen atoms in total. The maximum absolute atomic E-state index is 13.0. The van der Waals surface area contributed by atoms with Crippen molar-refractivity contribution in [2.75, 3.05) is 0 Å². The van der Waals surface area contributed by atoms with Crippen molar-refractivity contribution >= 4 is 5.91 Å². The van der Waals surface area contributed by atoms with E-state index in [1.54, 1.807) is 28.9 Å². The van der Waals surface area contributed by atoms with E-state index in [2.05, 4.69) is 22.3 Å². The normalized spacial score (nSPS) is 15.4. The van der Waals surface area contributed by atoms with Crippen LogP contribution < -0.4 is 5.32 Å². The molecule has 1 aromatic heterocycles. The van der Waals surface area contributed by atoms with Crippen LogP contribution in [-0.2, 0) is 23.9 Å². The fourth-order valence-corrected chi connectivity index (χ4v) is 3.69. The quantitative estimate of drug-likeness (QED) is 0.558. The van der Waals surface area contributed by atoms with E-state index < -0.39 is 11.7 Å². The zero-order valence-electron chi connectivity index (χ0n) is 19.0. The van der Waals surface area contributed by atoms with E-state index >= 15 is 0 Å². The molecule has 0 unspecified atom stereocenters. The number of benzene rings is 2. The molecule has 3 aromatic rings. The molecule has 0 spiro atoms. The largest absolute Gasteiger partial charge is 0.416 e. The number of alkyl halides is 3. The average Bonchev–Trinajstić information content (AvgIpc) is 3.14. The molecule has 4 rings (SSSR count). The summed E-state index contributed by atoms with van der Waals surface area (Å²) in [5, 5.41) is 7.44. The maximum Gasteiger partial charge on any atom is 0.416 e. The van der Waals surface area contributed by atoms with Gasteiger partial charge in [0.1, 0.15) is 5.69 Å². The van der Waals surface area contributed by atoms with Crippen LogP contribution in [0.5, 0.6) is 0 Å². The molecule has 0 saturated heterocycles. The van der Waals surface area contributed by atoms with Crippen LogP contribution in [0.25, 0.3) is 5.69 Å². The first kappa shape index (κ1) is 23.6. The monoisotopic (exact) mass is 467 g/mol. The Bertz CT molecular complexity index is 1250. The maximum atomic E-state index is 13.0. The van der Waals surface area contributed by atoms with Crippen LogP contribution in [0.3, 0.4) is 0 Å². The van der Waals surface area contributed by atoms with E-state index in [9.17, 15) is 18.0 Å². The van der Waals surface area contributed by atoms with Gasteiger partial charge in [0.25, 0.3) is 5.91 Å². The van der Waals surface area contributed by atoms with Crippen molar-refractivity contribution in [3.05, 3.63) is 82.2 Å². The summed E-state index contributed by atoms with van der Waals surface area (Å²) >= 11 is 0. The molecule has 1 aliphatic heterocycles. The molecule has 8 heteroatoms. The predicted molar refractivity (Wildman–Crippen MR) is 122 cm³/mol. The Labute approximate surface area is 195 Å². The van der Waals surface area contributed by atoms with Crippen molar-refractivity contribution in [1.82, 2.24) is 15.1 Å². The van der Waals surface area contributed by atoms with E-state index in [1.165, 1.54) is 12.1 Å². The molecule has 0 bridgehead atoms. The van der Waals surface area contributed by atoms with E-state index in [0.29, 0.717) is 35.5 Å². The molecule has 1 atom stereocenters. The van der Waals surface area contributed by atoms with Gasteiger partial charge in [-0.1, -0.05) is 5.92 Å². The topological polar surface area (TPSA) is 56.2 Å². The Morgan fingerprint density at radius 2 is 1.79 bits per heavy atom. The van der Waals surface area contributed by atoms with Gasteiger partial charge in [0.05, 0.1) is 29.7 Å². The Kier molecular flexibility index (Phi) is 6.49. The number of hydrogen-bond acceptors (Lipinski definition) is 3. The number of rotatable bonds is 3. The predicted octanol–water partition coefficient (Wildman–Crippen LogP) is 4.89. The number of ether oxygens (including phenoxy) is 1. The number of carbonyl (C=O) groups excluding carboxylic acids is 1. The van der Waals surface area contributed by atoms with Gasteiger partial charge in [-0.15, -0.1) is 0 Å². The van der Waals surface area contributed by atoms with Crippen molar-refractivity contribution in [3.8, 4) is 17.5 Å². The van der Waals surface area contributed by atoms with Gasteiger partial charge in [0.15, 0.2) is 0 Å². The molecule has 1 aliphatic rings. The number of fused-ring (bicyclic) bond motifs is 1. The Morgan fingerprint density at radius 3 is 2.41 bits per heavy atom. The molecule has 176 valence electrons. The van der Waals surface area contributed by atoms with Crippen LogP contribution in [0.15, 0.2) is 48.5 Å². The summed E-state index contributed by atoms with van der Waals surface area (Å²) < 4.78 is 46.3. The standard InChI is InChI=1S/C26H24F3N3O2/c1-16(2)30-25(33)19-7-4-18(5-8-19)6-13-23-22-15-34-17(3)14-24(22)32(31-23)21-11-9-20(10-12-21)26(27,28)29/h4-5,7-12,16-17H,14-15H2,1-3H3,(H,30,33)/t17-/m0/s1. The number of nitrogens with one attached hydrogen (secondary N) is 1. The minimum atomic E-state index is -4.40. The van der Waals surface area contributed by atoms with Gasteiger partial charge in [-0.3, -0.25) is 4.79 Å². The molecule has 1 N–H and O–H groups in total. The third-order valence-electron chi connectivity index (χ3n) is 5.41. The van der Waals surface area contributed by atoms with E-state index in [4.69, 9.17) is 4.74 Å². The highest BCUT2D eigenvalue weighted by Gasteiger charge is 2.30. The van der Waals surface area contributed by atoms with Gasteiger partial charge < -0.3 is 10.1 Å². The van der Waals surface area contributed by atoms with Crippen LogP contribution in [0.1, 0.15) is 59.2 Å². The summed E-state index contributed by atoms with van der Waals surface area (Å²) in [6, 6.07) is 11.9. The molecule has 0 radical (unpaired) electrons. The highest BCUT2D eigenvalue weighted by Crippen LogP contribution is 2.31. The molecule has 34 heavy (non-hydrogen) atoms. The molecule has 1 amide bonds. The summed E-state index contributed by atoms with van der Waals surface area (Å²) in [4.78, 5) is 12.1. The number of aromatic nitrogens is 2. The summed E-state index contributed by atoms with van der Waals surface area (Å²) in [5.41, 5.74) is 3.31. The van der Waals surface area contributed by atoms with Gasteiger partial charge in [0, 0.05) is 29.2 Å². The summed E-state index contributed by atoms with van der Waals surface area (Å²) in [6.45, 7) is 6.06. The molecule has 0 fully saturated rings. The minimum absolute atomic E-state index is 0.0391. The van der Waals surface area contributed by atoms with Crippen LogP contribution in [-0.4, -0.2) is 27.8 Å². The lowest BCUT2D eigenvalue weighted by atomic mass is 10.0. The van der Waals surface area contributed by atoms with Gasteiger partial charge in [-0.25, -0.2) is 4.68 Å². The fourth-order valence-electron chi connectivity index (χ4n) is 3.69. The van der Waals surface area contributed by atoms with Crippen LogP contribution in [0, 0.1) is 11.8 Å². The molecule has 0 aliphatic carbocycles. The SMILES string of the molecule is CC(C)NC(=O)c1ccc(C#Cc2nn(-c3ccc(C(F)(F)F)cc3)c3c2CO[C@@H](C)C3)cc1. The third kappa shape index (κ3) is 5.15. The molecule has 0 saturated carbocycles. The zero-order chi connectivity index (χ0) is 24.5. The molecule has 2 heterocycles. The van der Waals surface area contributed by atoms with Crippen LogP contribution in [0.2, 0.25) is 0 Å². The van der Waals surface area contributed by atoms with E-state index in [-0.39, 0.29) is 18.1 Å². The lowest BCUT2D eigenvalue weighted by Gasteiger charge is -2.21. The number of amides is 1. The Morgan fingerprint density at radius 1 is 1.12 bits per heavy atom. The third-order valence-corrected chi connectivity index (χ3v) is 5.41. The fraction of sp³-hybridized carbons (Fsp3) is 0.308. The minimum Gasteiger partial charge on any atom is -0.373 e. The summed E-state index contributed by atoms with van der Waals surface area (Å²) in [7, 11) is 0. The summed E-state index contributed by atoms with van der Waals surface area (Å²) in [6.07, 6.45) is -3.86. The van der Waals surface area contributed by atoms with Gasteiger partial charge >= 0.3 is 6.18 Å². The Hall–Kier alpha value is -3.57. The number of carbonyl (C=O) groups is 1. The lowest BCUT2D eigenvalue weighted by molar-refractivity contribution is -0.137. The van der Waals surface area contributed by atoms with E-state index in [1.807, 2.05) is 20.8 Å².